The Balaban J connectivity index is 0.000000442. The quantitative estimate of drug-likeness (QED) is 0.0823. The Bertz CT molecular complexity index is 1020. The third-order valence-corrected chi connectivity index (χ3v) is 6.81. The van der Waals surface area contributed by atoms with Crippen molar-refractivity contribution in [1.29, 1.82) is 0 Å². The minimum Gasteiger partial charge on any atom is -0.494 e. The molecule has 0 radical (unpaired) electrons. The molecule has 0 aliphatic heterocycles. The molecule has 44 heavy (non-hydrogen) atoms. The van der Waals surface area contributed by atoms with E-state index in [4.69, 9.17) is 14.6 Å². The Morgan fingerprint density at radius 3 is 1.45 bits per heavy atom. The first-order valence-electron chi connectivity index (χ1n) is 15.8. The largest absolute Gasteiger partial charge is 0.494 e. The van der Waals surface area contributed by atoms with Crippen molar-refractivity contribution < 1.29 is 34.9 Å². The number of hydrogen-bond acceptors (Lipinski definition) is 9. The van der Waals surface area contributed by atoms with Crippen LogP contribution >= 0.6 is 0 Å². The van der Waals surface area contributed by atoms with Gasteiger partial charge in [0.15, 0.2) is 0 Å². The van der Waals surface area contributed by atoms with E-state index in [2.05, 4.69) is 24.4 Å². The van der Waals surface area contributed by atoms with E-state index < -0.39 is 25.3 Å². The van der Waals surface area contributed by atoms with Gasteiger partial charge in [0.25, 0.3) is 0 Å². The molecule has 246 valence electrons. The Labute approximate surface area is 264 Å². The molecule has 9 nitrogen and oxygen atoms in total. The highest BCUT2D eigenvalue weighted by atomic mass is 16.5. The fraction of sp³-hybridized carbons (Fsp3) is 0.529. The van der Waals surface area contributed by atoms with Crippen molar-refractivity contribution in [2.24, 2.45) is 0 Å². The third kappa shape index (κ3) is 17.6. The second-order valence-electron chi connectivity index (χ2n) is 10.7. The van der Waals surface area contributed by atoms with Gasteiger partial charge in [-0.3, -0.25) is 0 Å². The average Bonchev–Trinajstić information content (AvgIpc) is 3.03. The van der Waals surface area contributed by atoms with Gasteiger partial charge in [-0.15, -0.1) is 0 Å². The molecule has 0 heterocycles. The van der Waals surface area contributed by atoms with Gasteiger partial charge in [-0.2, -0.15) is 0 Å². The molecular weight excluding hydrogens is 559 g/mol. The molecule has 0 aromatic heterocycles. The van der Waals surface area contributed by atoms with Crippen LogP contribution in [0.3, 0.4) is 0 Å². The second-order valence-corrected chi connectivity index (χ2v) is 10.7. The number of benzene rings is 2. The highest BCUT2D eigenvalue weighted by molar-refractivity contribution is 6.45. The molecule has 0 aliphatic rings. The number of nitrogens with one attached hydrogen (secondary N) is 2. The van der Waals surface area contributed by atoms with Gasteiger partial charge >= 0.3 is 7.05 Å². The molecule has 0 saturated heterocycles. The lowest BCUT2D eigenvalue weighted by atomic mass is 9.86. The van der Waals surface area contributed by atoms with E-state index in [0.717, 1.165) is 48.7 Å². The number of rotatable bonds is 21. The summed E-state index contributed by atoms with van der Waals surface area (Å²) in [6.07, 6.45) is 12.1. The van der Waals surface area contributed by atoms with Crippen LogP contribution in [0.1, 0.15) is 63.5 Å². The number of unbranched alkanes of at least 4 members (excludes halogenated alkanes) is 4. The summed E-state index contributed by atoms with van der Waals surface area (Å²) < 4.78 is 11.3. The van der Waals surface area contributed by atoms with E-state index in [1.54, 1.807) is 32.1 Å². The first-order valence-corrected chi connectivity index (χ1v) is 15.8. The molecule has 0 saturated carbocycles. The predicted octanol–water partition coefficient (Wildman–Crippen LogP) is 3.90. The summed E-state index contributed by atoms with van der Waals surface area (Å²) in [5.41, 5.74) is 1.92. The van der Waals surface area contributed by atoms with E-state index in [1.807, 2.05) is 54.6 Å². The zero-order valence-electron chi connectivity index (χ0n) is 26.9. The van der Waals surface area contributed by atoms with Crippen LogP contribution in [0.2, 0.25) is 6.82 Å². The van der Waals surface area contributed by atoms with Crippen molar-refractivity contribution in [2.75, 3.05) is 33.5 Å². The van der Waals surface area contributed by atoms with Gasteiger partial charge in [-0.05, 0) is 62.1 Å². The van der Waals surface area contributed by atoms with E-state index in [1.165, 1.54) is 25.7 Å². The van der Waals surface area contributed by atoms with E-state index in [0.29, 0.717) is 0 Å². The molecule has 10 heteroatoms. The van der Waals surface area contributed by atoms with Crippen molar-refractivity contribution in [3.8, 4) is 11.5 Å². The molecule has 0 spiro atoms. The van der Waals surface area contributed by atoms with Crippen LogP contribution < -0.4 is 20.0 Å². The standard InChI is InChI=1S/C17H28BNO4.C17H27NO3/c1-3-4-5-12-23-15-9-6-14(7-10-15)8-11-17(21)16(13-20)19-18(2)22;1-3-4-5-12-21-15-9-6-14(7-10-15)8-11-17(20)16(13-19)18-2/h6-11,16-17,19-22H,3-5,12-13H2,1-2H3;6-11,16-20H,3-5,12-13H2,1-2H3/b2*11-8+/t2*16-,17+/m11/s1. The highest BCUT2D eigenvalue weighted by Crippen LogP contribution is 2.15. The van der Waals surface area contributed by atoms with Crippen molar-refractivity contribution in [3.05, 3.63) is 71.8 Å². The zero-order chi connectivity index (χ0) is 32.6. The minimum atomic E-state index is -0.889. The molecule has 2 rings (SSSR count). The summed E-state index contributed by atoms with van der Waals surface area (Å²) in [6, 6.07) is 14.4. The van der Waals surface area contributed by atoms with Crippen molar-refractivity contribution in [2.45, 2.75) is 83.5 Å². The maximum Gasteiger partial charge on any atom is 0.374 e. The normalized spacial score (nSPS) is 14.1. The summed E-state index contributed by atoms with van der Waals surface area (Å²) in [7, 11) is 0.919. The van der Waals surface area contributed by atoms with Gasteiger partial charge in [0.05, 0.1) is 50.7 Å². The van der Waals surface area contributed by atoms with Crippen molar-refractivity contribution >= 4 is 19.2 Å². The van der Waals surface area contributed by atoms with Crippen LogP contribution in [-0.2, 0) is 0 Å². The average molecular weight is 615 g/mol. The molecular formula is C34H55BN2O7. The maximum absolute atomic E-state index is 10.00. The molecule has 2 aromatic carbocycles. The maximum atomic E-state index is 10.00. The van der Waals surface area contributed by atoms with E-state index in [9.17, 15) is 20.3 Å². The monoisotopic (exact) mass is 614 g/mol. The second kappa shape index (κ2) is 24.6. The van der Waals surface area contributed by atoms with Crippen LogP contribution in [-0.4, -0.2) is 90.3 Å². The van der Waals surface area contributed by atoms with Gasteiger partial charge < -0.3 is 45.5 Å². The van der Waals surface area contributed by atoms with Gasteiger partial charge in [-0.1, -0.05) is 88.1 Å². The SMILES string of the molecule is CCCCCOc1ccc(/C=C/[C@H](O)[C@@H](CO)NB(C)O)cc1.CCCCCOc1ccc(/C=C/[C@H](O)[C@@H](CO)NC)cc1. The summed E-state index contributed by atoms with van der Waals surface area (Å²) in [4.78, 5) is 0. The van der Waals surface area contributed by atoms with Crippen molar-refractivity contribution in [1.82, 2.24) is 10.5 Å². The van der Waals surface area contributed by atoms with Crippen LogP contribution in [0.5, 0.6) is 11.5 Å². The number of ether oxygens (including phenoxy) is 2. The lowest BCUT2D eigenvalue weighted by Gasteiger charge is -2.20. The number of aliphatic hydroxyl groups excluding tert-OH is 4. The van der Waals surface area contributed by atoms with Gasteiger partial charge in [-0.25, -0.2) is 0 Å². The van der Waals surface area contributed by atoms with Gasteiger partial charge in [0.1, 0.15) is 11.5 Å². The fourth-order valence-electron chi connectivity index (χ4n) is 4.06. The summed E-state index contributed by atoms with van der Waals surface area (Å²) in [6.45, 7) is 6.98. The lowest BCUT2D eigenvalue weighted by molar-refractivity contribution is 0.128. The summed E-state index contributed by atoms with van der Waals surface area (Å²) in [5.74, 6) is 1.70. The Kier molecular flexibility index (Phi) is 22.0. The number of aliphatic hydroxyl groups is 4. The van der Waals surface area contributed by atoms with Crippen LogP contribution in [0.15, 0.2) is 60.7 Å². The third-order valence-electron chi connectivity index (χ3n) is 6.81. The topological polar surface area (TPSA) is 144 Å². The Morgan fingerprint density at radius 2 is 1.11 bits per heavy atom. The first kappa shape index (κ1) is 39.3. The van der Waals surface area contributed by atoms with Gasteiger partial charge in [0, 0.05) is 0 Å². The summed E-state index contributed by atoms with van der Waals surface area (Å²) in [5, 5.41) is 52.9. The predicted molar refractivity (Wildman–Crippen MR) is 181 cm³/mol. The van der Waals surface area contributed by atoms with Gasteiger partial charge in [0.2, 0.25) is 0 Å². The zero-order valence-corrected chi connectivity index (χ0v) is 26.9. The molecule has 2 aromatic rings. The van der Waals surface area contributed by atoms with E-state index >= 15 is 0 Å². The molecule has 7 N–H and O–H groups in total. The fourth-order valence-corrected chi connectivity index (χ4v) is 4.06. The Hall–Kier alpha value is -2.70. The minimum absolute atomic E-state index is 0.105. The Morgan fingerprint density at radius 1 is 0.705 bits per heavy atom. The number of hydrogen-bond donors (Lipinski definition) is 7. The number of likely N-dealkylation sites (N-methyl/N-ethyl adjacent to an activating group) is 1. The molecule has 0 fully saturated rings. The van der Waals surface area contributed by atoms with E-state index in [-0.39, 0.29) is 19.3 Å². The van der Waals surface area contributed by atoms with Crippen LogP contribution in [0.25, 0.3) is 12.2 Å². The molecule has 0 unspecified atom stereocenters. The molecule has 4 atom stereocenters. The molecule has 0 amide bonds. The highest BCUT2D eigenvalue weighted by Gasteiger charge is 2.18. The molecule has 0 bridgehead atoms. The molecule has 0 aliphatic carbocycles. The first-order chi connectivity index (χ1) is 21.3. The van der Waals surface area contributed by atoms with Crippen LogP contribution in [0.4, 0.5) is 0 Å². The lowest BCUT2D eigenvalue weighted by Crippen LogP contribution is -2.48. The smallest absolute Gasteiger partial charge is 0.374 e. The summed E-state index contributed by atoms with van der Waals surface area (Å²) >= 11 is 0. The van der Waals surface area contributed by atoms with Crippen molar-refractivity contribution in [3.63, 3.8) is 0 Å². The van der Waals surface area contributed by atoms with Crippen LogP contribution in [0, 0.1) is 0 Å².